The lowest BCUT2D eigenvalue weighted by molar-refractivity contribution is -0.116. The van der Waals surface area contributed by atoms with Crippen LogP contribution < -0.4 is 20.9 Å². The average molecular weight is 514 g/mol. The molecule has 10 nitrogen and oxygen atoms in total. The van der Waals surface area contributed by atoms with Gasteiger partial charge in [-0.3, -0.25) is 14.5 Å². The van der Waals surface area contributed by atoms with Crippen LogP contribution in [0.1, 0.15) is 76.6 Å². The van der Waals surface area contributed by atoms with Crippen molar-refractivity contribution in [3.8, 4) is 0 Å². The third-order valence-electron chi connectivity index (χ3n) is 6.94. The van der Waals surface area contributed by atoms with Crippen LogP contribution in [0.15, 0.2) is 18.2 Å². The van der Waals surface area contributed by atoms with E-state index in [9.17, 15) is 19.2 Å². The Morgan fingerprint density at radius 3 is 2.46 bits per heavy atom. The molecular formula is C27H39N5O5. The van der Waals surface area contributed by atoms with Gasteiger partial charge in [-0.1, -0.05) is 12.8 Å². The first-order valence-electron chi connectivity index (χ1n) is 13.3. The van der Waals surface area contributed by atoms with E-state index in [0.29, 0.717) is 49.4 Å². The zero-order valence-corrected chi connectivity index (χ0v) is 22.3. The van der Waals surface area contributed by atoms with E-state index < -0.39 is 11.7 Å². The quantitative estimate of drug-likeness (QED) is 0.552. The van der Waals surface area contributed by atoms with Gasteiger partial charge >= 0.3 is 12.1 Å². The summed E-state index contributed by atoms with van der Waals surface area (Å²) in [6.07, 6.45) is 4.37. The van der Waals surface area contributed by atoms with E-state index in [4.69, 9.17) is 4.74 Å². The number of fused-ring (bicyclic) bond motifs is 1. The molecule has 0 radical (unpaired) electrons. The predicted molar refractivity (Wildman–Crippen MR) is 141 cm³/mol. The Morgan fingerprint density at radius 2 is 1.81 bits per heavy atom. The summed E-state index contributed by atoms with van der Waals surface area (Å²) < 4.78 is 5.34. The van der Waals surface area contributed by atoms with E-state index in [2.05, 4.69) is 16.0 Å². The number of benzene rings is 1. The van der Waals surface area contributed by atoms with Gasteiger partial charge in [-0.2, -0.15) is 0 Å². The second kappa shape index (κ2) is 11.0. The minimum atomic E-state index is -0.570. The van der Waals surface area contributed by atoms with Crippen molar-refractivity contribution >= 4 is 35.3 Å². The molecular weight excluding hydrogens is 474 g/mol. The highest BCUT2D eigenvalue weighted by Gasteiger charge is 2.35. The van der Waals surface area contributed by atoms with Crippen LogP contribution in [0.5, 0.6) is 0 Å². The molecule has 0 spiro atoms. The van der Waals surface area contributed by atoms with Crippen LogP contribution in [0.3, 0.4) is 0 Å². The highest BCUT2D eigenvalue weighted by molar-refractivity contribution is 6.06. The number of carbonyl (C=O) groups excluding carboxylic acids is 4. The number of anilines is 2. The van der Waals surface area contributed by atoms with Crippen LogP contribution in [-0.2, 0) is 9.53 Å². The summed E-state index contributed by atoms with van der Waals surface area (Å²) in [5.41, 5.74) is 0.913. The number of rotatable bonds is 5. The van der Waals surface area contributed by atoms with Gasteiger partial charge in [0.05, 0.1) is 11.4 Å². The van der Waals surface area contributed by atoms with Crippen molar-refractivity contribution in [1.29, 1.82) is 0 Å². The van der Waals surface area contributed by atoms with Crippen LogP contribution in [0.4, 0.5) is 21.0 Å². The van der Waals surface area contributed by atoms with Crippen molar-refractivity contribution in [3.63, 3.8) is 0 Å². The Labute approximate surface area is 218 Å². The van der Waals surface area contributed by atoms with E-state index in [-0.39, 0.29) is 36.3 Å². The van der Waals surface area contributed by atoms with Crippen molar-refractivity contribution in [2.24, 2.45) is 5.92 Å². The van der Waals surface area contributed by atoms with Gasteiger partial charge in [0.25, 0.3) is 5.91 Å². The van der Waals surface area contributed by atoms with Crippen molar-refractivity contribution < 1.29 is 23.9 Å². The van der Waals surface area contributed by atoms with E-state index in [1.807, 2.05) is 27.7 Å². The number of ether oxygens (including phenoxy) is 1. The van der Waals surface area contributed by atoms with Crippen LogP contribution >= 0.6 is 0 Å². The Kier molecular flexibility index (Phi) is 7.94. The van der Waals surface area contributed by atoms with E-state index in [1.165, 1.54) is 12.8 Å². The highest BCUT2D eigenvalue weighted by Crippen LogP contribution is 2.34. The maximum atomic E-state index is 13.7. The lowest BCUT2D eigenvalue weighted by Gasteiger charge is -2.38. The van der Waals surface area contributed by atoms with Gasteiger partial charge in [0.15, 0.2) is 0 Å². The monoisotopic (exact) mass is 513 g/mol. The summed E-state index contributed by atoms with van der Waals surface area (Å²) in [5, 5.41) is 8.71. The van der Waals surface area contributed by atoms with E-state index in [0.717, 1.165) is 12.3 Å². The third-order valence-corrected chi connectivity index (χ3v) is 6.94. The fourth-order valence-electron chi connectivity index (χ4n) is 4.82. The topological polar surface area (TPSA) is 120 Å². The maximum absolute atomic E-state index is 13.7. The molecule has 3 N–H and O–H groups in total. The van der Waals surface area contributed by atoms with Crippen molar-refractivity contribution in [1.82, 2.24) is 15.5 Å². The molecule has 2 fully saturated rings. The molecule has 2 aliphatic heterocycles. The largest absolute Gasteiger partial charge is 0.444 e. The molecule has 0 unspecified atom stereocenters. The van der Waals surface area contributed by atoms with E-state index in [1.54, 1.807) is 28.0 Å². The fourth-order valence-corrected chi connectivity index (χ4v) is 4.82. The Morgan fingerprint density at radius 1 is 1.11 bits per heavy atom. The zero-order valence-electron chi connectivity index (χ0n) is 22.3. The average Bonchev–Trinajstić information content (AvgIpc) is 3.64. The molecule has 10 heteroatoms. The number of hydrogen-bond donors (Lipinski definition) is 3. The standard InChI is InChI=1S/C27H39N5O5/c1-17-15-23(33)30-21-16-19(24(34)28-12-9-18-5-6-18)7-8-22(21)32(17)26(36)31-13-10-20(11-14-31)29-25(35)37-27(2,3)4/h7-8,16-18,20H,5-6,9-15H2,1-4H3,(H,28,34)(H,29,35)(H,30,33)/t17-/m1/s1. The molecule has 1 aromatic carbocycles. The first-order valence-corrected chi connectivity index (χ1v) is 13.3. The normalized spacial score (nSPS) is 20.4. The summed E-state index contributed by atoms with van der Waals surface area (Å²) in [6.45, 7) is 8.88. The summed E-state index contributed by atoms with van der Waals surface area (Å²) in [4.78, 5) is 54.4. The van der Waals surface area contributed by atoms with Crippen LogP contribution in [0.25, 0.3) is 0 Å². The Hall–Kier alpha value is -3.30. The highest BCUT2D eigenvalue weighted by atomic mass is 16.6. The number of urea groups is 1. The molecule has 1 aliphatic carbocycles. The Bertz CT molecular complexity index is 1040. The third kappa shape index (κ3) is 7.14. The van der Waals surface area contributed by atoms with Gasteiger partial charge in [0.1, 0.15) is 5.60 Å². The van der Waals surface area contributed by atoms with Crippen LogP contribution in [-0.4, -0.2) is 66.2 Å². The molecule has 3 aliphatic rings. The zero-order chi connectivity index (χ0) is 26.7. The number of alkyl carbamates (subject to hydrolysis) is 1. The molecule has 0 aromatic heterocycles. The molecule has 0 bridgehead atoms. The van der Waals surface area contributed by atoms with Gasteiger partial charge in [-0.05, 0) is 71.1 Å². The summed E-state index contributed by atoms with van der Waals surface area (Å²) in [6, 6.07) is 4.47. The second-order valence-electron chi connectivity index (χ2n) is 11.4. The number of piperidine rings is 1. The molecule has 4 rings (SSSR count). The first kappa shape index (κ1) is 26.8. The van der Waals surface area contributed by atoms with Crippen molar-refractivity contribution in [2.45, 2.75) is 83.9 Å². The number of nitrogens with one attached hydrogen (secondary N) is 3. The van der Waals surface area contributed by atoms with Gasteiger partial charge in [-0.15, -0.1) is 0 Å². The number of hydrogen-bond acceptors (Lipinski definition) is 5. The predicted octanol–water partition coefficient (Wildman–Crippen LogP) is 3.86. The molecule has 2 heterocycles. The van der Waals surface area contributed by atoms with Gasteiger partial charge in [0, 0.05) is 43.7 Å². The van der Waals surface area contributed by atoms with Crippen LogP contribution in [0, 0.1) is 5.92 Å². The number of nitrogens with zero attached hydrogens (tertiary/aromatic N) is 2. The molecule has 1 saturated carbocycles. The van der Waals surface area contributed by atoms with Crippen molar-refractivity contribution in [3.05, 3.63) is 23.8 Å². The molecule has 202 valence electrons. The Balaban J connectivity index is 1.42. The number of amides is 5. The fraction of sp³-hybridized carbons (Fsp3) is 0.630. The summed E-state index contributed by atoms with van der Waals surface area (Å²) in [7, 11) is 0. The smallest absolute Gasteiger partial charge is 0.407 e. The first-order chi connectivity index (χ1) is 17.5. The molecule has 1 aromatic rings. The minimum absolute atomic E-state index is 0.0722. The van der Waals surface area contributed by atoms with Gasteiger partial charge < -0.3 is 25.6 Å². The molecule has 37 heavy (non-hydrogen) atoms. The van der Waals surface area contributed by atoms with Gasteiger partial charge in [-0.25, -0.2) is 9.59 Å². The van der Waals surface area contributed by atoms with E-state index >= 15 is 0 Å². The summed E-state index contributed by atoms with van der Waals surface area (Å²) >= 11 is 0. The lowest BCUT2D eigenvalue weighted by atomic mass is 10.1. The maximum Gasteiger partial charge on any atom is 0.407 e. The summed E-state index contributed by atoms with van der Waals surface area (Å²) in [5.74, 6) is 0.342. The number of likely N-dealkylation sites (tertiary alicyclic amines) is 1. The van der Waals surface area contributed by atoms with Gasteiger partial charge in [0.2, 0.25) is 5.91 Å². The second-order valence-corrected chi connectivity index (χ2v) is 11.4. The van der Waals surface area contributed by atoms with Crippen LogP contribution in [0.2, 0.25) is 0 Å². The minimum Gasteiger partial charge on any atom is -0.444 e. The SMILES string of the molecule is C[C@@H]1CC(=O)Nc2cc(C(=O)NCCC3CC3)ccc2N1C(=O)N1CCC(NC(=O)OC(C)(C)C)CC1. The number of carbonyl (C=O) groups is 4. The van der Waals surface area contributed by atoms with Crippen molar-refractivity contribution in [2.75, 3.05) is 29.9 Å². The molecule has 1 atom stereocenters. The molecule has 5 amide bonds. The lowest BCUT2D eigenvalue weighted by Crippen LogP contribution is -2.53. The molecule has 1 saturated heterocycles.